The molecule has 0 bridgehead atoms. The molecule has 146 valence electrons. The summed E-state index contributed by atoms with van der Waals surface area (Å²) in [4.78, 5) is 11.0. The van der Waals surface area contributed by atoms with Gasteiger partial charge in [0, 0.05) is 16.1 Å². The minimum absolute atomic E-state index is 0.194. The van der Waals surface area contributed by atoms with E-state index in [-0.39, 0.29) is 11.7 Å². The van der Waals surface area contributed by atoms with Crippen molar-refractivity contribution in [3.8, 4) is 17.1 Å². The van der Waals surface area contributed by atoms with E-state index >= 15 is 0 Å². The first-order chi connectivity index (χ1) is 13.3. The number of carboxylic acid groups (broad SMARTS) is 1. The van der Waals surface area contributed by atoms with E-state index in [1.165, 1.54) is 0 Å². The molecule has 1 unspecified atom stereocenters. The Morgan fingerprint density at radius 3 is 2.32 bits per heavy atom. The van der Waals surface area contributed by atoms with Crippen molar-refractivity contribution in [3.63, 3.8) is 0 Å². The first kappa shape index (κ1) is 20.0. The predicted molar refractivity (Wildman–Crippen MR) is 110 cm³/mol. The molecule has 0 fully saturated rings. The third-order valence-corrected chi connectivity index (χ3v) is 4.75. The van der Waals surface area contributed by atoms with Crippen LogP contribution in [0.15, 0.2) is 59.0 Å². The summed E-state index contributed by atoms with van der Waals surface area (Å²) in [6.07, 6.45) is 0.613. The molecule has 0 aliphatic heterocycles. The number of halogens is 1. The summed E-state index contributed by atoms with van der Waals surface area (Å²) in [5.41, 5.74) is 2.17. The summed E-state index contributed by atoms with van der Waals surface area (Å²) in [5.74, 6) is 1.66. The number of ether oxygens (including phenoxy) is 1. The van der Waals surface area contributed by atoms with Gasteiger partial charge in [-0.25, -0.2) is 4.79 Å². The van der Waals surface area contributed by atoms with Crippen LogP contribution in [0.5, 0.6) is 5.75 Å². The Balaban J connectivity index is 1.89. The maximum Gasteiger partial charge on any atom is 0.335 e. The van der Waals surface area contributed by atoms with E-state index in [0.717, 1.165) is 29.1 Å². The fraction of sp³-hybridized carbons (Fsp3) is 0.261. The number of carbonyl (C=O) groups is 1. The fourth-order valence-corrected chi connectivity index (χ4v) is 3.21. The van der Waals surface area contributed by atoms with E-state index < -0.39 is 5.97 Å². The Hall–Kier alpha value is -2.72. The molecule has 0 spiro atoms. The number of benzene rings is 2. The van der Waals surface area contributed by atoms with Gasteiger partial charge in [0.15, 0.2) is 0 Å². The predicted octanol–water partition coefficient (Wildman–Crippen LogP) is 6.77. The standard InChI is InChI=1S/C23H23ClO4/c1-14(2)12-22(28-19-10-6-17(7-11-19)23(25)26)20-13-21(27-15(20)3)16-4-8-18(24)9-5-16/h4-11,13-14,22H,12H2,1-3H3,(H,25,26). The summed E-state index contributed by atoms with van der Waals surface area (Å²) >= 11 is 5.98. The maximum atomic E-state index is 11.0. The molecule has 0 aliphatic rings. The molecule has 1 atom stereocenters. The summed E-state index contributed by atoms with van der Waals surface area (Å²) in [7, 11) is 0. The minimum Gasteiger partial charge on any atom is -0.486 e. The van der Waals surface area contributed by atoms with Crippen molar-refractivity contribution in [3.05, 3.63) is 76.5 Å². The lowest BCUT2D eigenvalue weighted by atomic mass is 9.99. The Morgan fingerprint density at radius 1 is 1.11 bits per heavy atom. The number of furan rings is 1. The van der Waals surface area contributed by atoms with Gasteiger partial charge in [-0.2, -0.15) is 0 Å². The summed E-state index contributed by atoms with van der Waals surface area (Å²) in [5, 5.41) is 9.74. The smallest absolute Gasteiger partial charge is 0.335 e. The van der Waals surface area contributed by atoms with Crippen LogP contribution in [0.4, 0.5) is 0 Å². The quantitative estimate of drug-likeness (QED) is 0.476. The molecule has 0 amide bonds. The van der Waals surface area contributed by atoms with Crippen LogP contribution in [0.25, 0.3) is 11.3 Å². The highest BCUT2D eigenvalue weighted by Crippen LogP contribution is 2.35. The van der Waals surface area contributed by atoms with E-state index in [2.05, 4.69) is 13.8 Å². The Morgan fingerprint density at radius 2 is 1.75 bits per heavy atom. The zero-order valence-corrected chi connectivity index (χ0v) is 16.9. The number of aromatic carboxylic acids is 1. The molecule has 4 nitrogen and oxygen atoms in total. The van der Waals surface area contributed by atoms with Gasteiger partial charge in [-0.1, -0.05) is 25.4 Å². The number of hydrogen-bond donors (Lipinski definition) is 1. The first-order valence-corrected chi connectivity index (χ1v) is 9.57. The Labute approximate surface area is 169 Å². The largest absolute Gasteiger partial charge is 0.486 e. The van der Waals surface area contributed by atoms with Gasteiger partial charge in [0.1, 0.15) is 23.4 Å². The van der Waals surface area contributed by atoms with Crippen molar-refractivity contribution < 1.29 is 19.1 Å². The summed E-state index contributed by atoms with van der Waals surface area (Å²) in [6.45, 7) is 6.21. The van der Waals surface area contributed by atoms with Crippen molar-refractivity contribution in [2.75, 3.05) is 0 Å². The molecule has 2 aromatic carbocycles. The second-order valence-corrected chi connectivity index (χ2v) is 7.63. The average Bonchev–Trinajstić information content (AvgIpc) is 3.03. The lowest BCUT2D eigenvalue weighted by Crippen LogP contribution is -2.11. The van der Waals surface area contributed by atoms with E-state index in [0.29, 0.717) is 16.7 Å². The molecule has 28 heavy (non-hydrogen) atoms. The van der Waals surface area contributed by atoms with Crippen molar-refractivity contribution in [2.24, 2.45) is 5.92 Å². The fourth-order valence-electron chi connectivity index (χ4n) is 3.08. The van der Waals surface area contributed by atoms with Crippen LogP contribution < -0.4 is 4.74 Å². The van der Waals surface area contributed by atoms with Gasteiger partial charge in [0.2, 0.25) is 0 Å². The van der Waals surface area contributed by atoms with Gasteiger partial charge in [-0.3, -0.25) is 0 Å². The second kappa shape index (κ2) is 8.53. The highest BCUT2D eigenvalue weighted by molar-refractivity contribution is 6.30. The molecule has 3 aromatic rings. The van der Waals surface area contributed by atoms with Crippen LogP contribution in [0, 0.1) is 12.8 Å². The first-order valence-electron chi connectivity index (χ1n) is 9.19. The number of carboxylic acids is 1. The highest BCUT2D eigenvalue weighted by Gasteiger charge is 2.22. The normalized spacial score (nSPS) is 12.2. The number of rotatable bonds is 7. The van der Waals surface area contributed by atoms with E-state index in [1.54, 1.807) is 24.3 Å². The van der Waals surface area contributed by atoms with Crippen molar-refractivity contribution in [1.29, 1.82) is 0 Å². The van der Waals surface area contributed by atoms with Crippen molar-refractivity contribution in [2.45, 2.75) is 33.3 Å². The van der Waals surface area contributed by atoms with Gasteiger partial charge in [-0.15, -0.1) is 0 Å². The maximum absolute atomic E-state index is 11.0. The van der Waals surface area contributed by atoms with E-state index in [1.807, 2.05) is 37.3 Å². The number of aryl methyl sites for hydroxylation is 1. The molecule has 0 saturated carbocycles. The zero-order valence-electron chi connectivity index (χ0n) is 16.1. The summed E-state index contributed by atoms with van der Waals surface area (Å²) < 4.78 is 12.2. The third kappa shape index (κ3) is 4.76. The topological polar surface area (TPSA) is 59.7 Å². The zero-order chi connectivity index (χ0) is 20.3. The van der Waals surface area contributed by atoms with E-state index in [9.17, 15) is 4.79 Å². The molecule has 5 heteroatoms. The van der Waals surface area contributed by atoms with Gasteiger partial charge < -0.3 is 14.3 Å². The lowest BCUT2D eigenvalue weighted by Gasteiger charge is -2.20. The monoisotopic (exact) mass is 398 g/mol. The van der Waals surface area contributed by atoms with Crippen LogP contribution in [-0.2, 0) is 0 Å². The molecule has 0 radical (unpaired) electrons. The number of hydrogen-bond acceptors (Lipinski definition) is 3. The van der Waals surface area contributed by atoms with Crippen LogP contribution in [0.2, 0.25) is 5.02 Å². The molecular weight excluding hydrogens is 376 g/mol. The van der Waals surface area contributed by atoms with Crippen molar-refractivity contribution in [1.82, 2.24) is 0 Å². The minimum atomic E-state index is -0.955. The van der Waals surface area contributed by atoms with Crippen molar-refractivity contribution >= 4 is 17.6 Å². The second-order valence-electron chi connectivity index (χ2n) is 7.19. The summed E-state index contributed by atoms with van der Waals surface area (Å²) in [6, 6.07) is 16.0. The lowest BCUT2D eigenvalue weighted by molar-refractivity contribution is 0.0697. The van der Waals surface area contributed by atoms with Gasteiger partial charge in [0.05, 0.1) is 5.56 Å². The Kier molecular flexibility index (Phi) is 6.10. The Bertz CT molecular complexity index is 940. The van der Waals surface area contributed by atoms with Crippen LogP contribution >= 0.6 is 11.6 Å². The van der Waals surface area contributed by atoms with Gasteiger partial charge in [-0.05, 0) is 73.9 Å². The molecule has 1 heterocycles. The van der Waals surface area contributed by atoms with Gasteiger partial charge >= 0.3 is 5.97 Å². The molecular formula is C23H23ClO4. The van der Waals surface area contributed by atoms with Crippen LogP contribution in [0.1, 0.15) is 48.1 Å². The van der Waals surface area contributed by atoms with Crippen LogP contribution in [-0.4, -0.2) is 11.1 Å². The molecule has 3 rings (SSSR count). The molecule has 0 saturated heterocycles. The SMILES string of the molecule is Cc1oc(-c2ccc(Cl)cc2)cc1C(CC(C)C)Oc1ccc(C(=O)O)cc1. The van der Waals surface area contributed by atoms with E-state index in [4.69, 9.17) is 25.9 Å². The van der Waals surface area contributed by atoms with Crippen LogP contribution in [0.3, 0.4) is 0 Å². The molecule has 0 aliphatic carbocycles. The molecule has 1 N–H and O–H groups in total. The average molecular weight is 399 g/mol. The van der Waals surface area contributed by atoms with Gasteiger partial charge in [0.25, 0.3) is 0 Å². The highest BCUT2D eigenvalue weighted by atomic mass is 35.5. The third-order valence-electron chi connectivity index (χ3n) is 4.50. The molecule has 1 aromatic heterocycles.